The van der Waals surface area contributed by atoms with Crippen molar-refractivity contribution < 1.29 is 9.47 Å². The van der Waals surface area contributed by atoms with Gasteiger partial charge in [0.05, 0.1) is 13.2 Å². The zero-order chi connectivity index (χ0) is 12.1. The first kappa shape index (κ1) is 12.1. The average Bonchev–Trinajstić information content (AvgIpc) is 2.40. The predicted octanol–water partition coefficient (Wildman–Crippen LogP) is 1.49. The number of rotatable bonds is 4. The molecule has 0 aliphatic carbocycles. The molecule has 0 spiro atoms. The van der Waals surface area contributed by atoms with Crippen LogP contribution < -0.4 is 9.64 Å². The van der Waals surface area contributed by atoms with Crippen LogP contribution in [0.25, 0.3) is 0 Å². The monoisotopic (exact) mass is 237 g/mol. The fraction of sp³-hybridized carbons (Fsp3) is 0.667. The molecule has 1 aliphatic rings. The van der Waals surface area contributed by atoms with Gasteiger partial charge in [-0.15, -0.1) is 0 Å². The highest BCUT2D eigenvalue weighted by Crippen LogP contribution is 2.18. The molecule has 0 radical (unpaired) electrons. The molecule has 1 saturated heterocycles. The van der Waals surface area contributed by atoms with Gasteiger partial charge in [-0.25, -0.2) is 9.97 Å². The van der Waals surface area contributed by atoms with Gasteiger partial charge in [0.15, 0.2) is 0 Å². The second-order valence-electron chi connectivity index (χ2n) is 4.29. The van der Waals surface area contributed by atoms with E-state index in [2.05, 4.69) is 14.9 Å². The molecule has 0 bridgehead atoms. The van der Waals surface area contributed by atoms with Crippen molar-refractivity contribution in [3.05, 3.63) is 12.4 Å². The van der Waals surface area contributed by atoms with Crippen LogP contribution in [-0.2, 0) is 4.74 Å². The maximum Gasteiger partial charge on any atom is 0.218 e. The van der Waals surface area contributed by atoms with Crippen LogP contribution in [0.15, 0.2) is 12.4 Å². The fourth-order valence-corrected chi connectivity index (χ4v) is 2.00. The zero-order valence-electron chi connectivity index (χ0n) is 10.4. The molecule has 1 aromatic heterocycles. The van der Waals surface area contributed by atoms with Crippen molar-refractivity contribution in [1.82, 2.24) is 9.97 Å². The van der Waals surface area contributed by atoms with Crippen molar-refractivity contribution in [3.8, 4) is 5.88 Å². The Labute approximate surface area is 102 Å². The normalized spacial score (nSPS) is 20.0. The minimum atomic E-state index is 0.315. The molecule has 1 atom stereocenters. The summed E-state index contributed by atoms with van der Waals surface area (Å²) in [6.45, 7) is 1.74. The molecule has 2 rings (SSSR count). The van der Waals surface area contributed by atoms with E-state index in [1.165, 1.54) is 19.2 Å². The van der Waals surface area contributed by atoms with Crippen molar-refractivity contribution in [3.63, 3.8) is 0 Å². The summed E-state index contributed by atoms with van der Waals surface area (Å²) in [4.78, 5) is 10.3. The molecule has 0 saturated carbocycles. The van der Waals surface area contributed by atoms with Gasteiger partial charge in [0, 0.05) is 26.3 Å². The number of ether oxygens (including phenoxy) is 2. The van der Waals surface area contributed by atoms with Crippen molar-refractivity contribution in [2.75, 3.05) is 32.2 Å². The SMILES string of the molecule is COc1cc(N(C)CC2CCCCO2)ncn1. The first-order valence-electron chi connectivity index (χ1n) is 5.98. The largest absolute Gasteiger partial charge is 0.481 e. The highest BCUT2D eigenvalue weighted by atomic mass is 16.5. The Morgan fingerprint density at radius 3 is 3.06 bits per heavy atom. The second-order valence-corrected chi connectivity index (χ2v) is 4.29. The fourth-order valence-electron chi connectivity index (χ4n) is 2.00. The Hall–Kier alpha value is -1.36. The Balaban J connectivity index is 1.95. The van der Waals surface area contributed by atoms with Crippen molar-refractivity contribution in [1.29, 1.82) is 0 Å². The van der Waals surface area contributed by atoms with Crippen LogP contribution in [-0.4, -0.2) is 43.4 Å². The summed E-state index contributed by atoms with van der Waals surface area (Å²) in [6.07, 6.45) is 5.40. The number of methoxy groups -OCH3 is 1. The Bertz CT molecular complexity index is 353. The molecule has 1 aromatic rings. The molecule has 1 fully saturated rings. The summed E-state index contributed by atoms with van der Waals surface area (Å²) in [7, 11) is 3.62. The number of hydrogen-bond donors (Lipinski definition) is 0. The van der Waals surface area contributed by atoms with Gasteiger partial charge in [-0.2, -0.15) is 0 Å². The van der Waals surface area contributed by atoms with Gasteiger partial charge in [0.1, 0.15) is 12.1 Å². The summed E-state index contributed by atoms with van der Waals surface area (Å²) in [5, 5.41) is 0. The molecular formula is C12H19N3O2. The second kappa shape index (κ2) is 5.82. The van der Waals surface area contributed by atoms with E-state index >= 15 is 0 Å². The smallest absolute Gasteiger partial charge is 0.218 e. The van der Waals surface area contributed by atoms with Gasteiger partial charge >= 0.3 is 0 Å². The maximum atomic E-state index is 5.71. The molecule has 0 aromatic carbocycles. The van der Waals surface area contributed by atoms with Gasteiger partial charge in [-0.1, -0.05) is 0 Å². The minimum absolute atomic E-state index is 0.315. The summed E-state index contributed by atoms with van der Waals surface area (Å²) in [5.74, 6) is 1.46. The quantitative estimate of drug-likeness (QED) is 0.794. The molecule has 94 valence electrons. The van der Waals surface area contributed by atoms with Crippen molar-refractivity contribution in [2.24, 2.45) is 0 Å². The Kier molecular flexibility index (Phi) is 4.14. The number of aromatic nitrogens is 2. The molecule has 1 unspecified atom stereocenters. The summed E-state index contributed by atoms with van der Waals surface area (Å²) in [6, 6.07) is 1.84. The lowest BCUT2D eigenvalue weighted by Gasteiger charge is -2.27. The average molecular weight is 237 g/mol. The van der Waals surface area contributed by atoms with Crippen LogP contribution in [0.3, 0.4) is 0 Å². The zero-order valence-corrected chi connectivity index (χ0v) is 10.4. The lowest BCUT2D eigenvalue weighted by molar-refractivity contribution is 0.0215. The van der Waals surface area contributed by atoms with Crippen LogP contribution in [0.5, 0.6) is 5.88 Å². The van der Waals surface area contributed by atoms with Gasteiger partial charge in [-0.3, -0.25) is 0 Å². The van der Waals surface area contributed by atoms with Crippen LogP contribution in [0.4, 0.5) is 5.82 Å². The maximum absolute atomic E-state index is 5.71. The third-order valence-corrected chi connectivity index (χ3v) is 2.98. The predicted molar refractivity (Wildman–Crippen MR) is 65.4 cm³/mol. The topological polar surface area (TPSA) is 47.5 Å². The summed E-state index contributed by atoms with van der Waals surface area (Å²) in [5.41, 5.74) is 0. The number of nitrogens with zero attached hydrogens (tertiary/aromatic N) is 3. The molecule has 5 heteroatoms. The molecular weight excluding hydrogens is 218 g/mol. The van der Waals surface area contributed by atoms with Gasteiger partial charge < -0.3 is 14.4 Å². The third-order valence-electron chi connectivity index (χ3n) is 2.98. The van der Waals surface area contributed by atoms with Gasteiger partial charge in [0.25, 0.3) is 0 Å². The lowest BCUT2D eigenvalue weighted by Crippen LogP contribution is -2.33. The van der Waals surface area contributed by atoms with E-state index in [1.807, 2.05) is 13.1 Å². The van der Waals surface area contributed by atoms with E-state index in [9.17, 15) is 0 Å². The third kappa shape index (κ3) is 3.30. The number of anilines is 1. The van der Waals surface area contributed by atoms with Gasteiger partial charge in [-0.05, 0) is 19.3 Å². The highest BCUT2D eigenvalue weighted by molar-refractivity contribution is 5.39. The molecule has 1 aliphatic heterocycles. The van der Waals surface area contributed by atoms with E-state index in [1.54, 1.807) is 7.11 Å². The van der Waals surface area contributed by atoms with E-state index in [4.69, 9.17) is 9.47 Å². The molecule has 2 heterocycles. The Morgan fingerprint density at radius 2 is 2.35 bits per heavy atom. The van der Waals surface area contributed by atoms with E-state index in [0.717, 1.165) is 25.4 Å². The summed E-state index contributed by atoms with van der Waals surface area (Å²) >= 11 is 0. The highest BCUT2D eigenvalue weighted by Gasteiger charge is 2.16. The van der Waals surface area contributed by atoms with Crippen LogP contribution in [0, 0.1) is 0 Å². The van der Waals surface area contributed by atoms with E-state index < -0.39 is 0 Å². The standard InChI is InChI=1S/C12H19N3O2/c1-15(8-10-5-3-4-6-17-10)11-7-12(16-2)14-9-13-11/h7,9-10H,3-6,8H2,1-2H3. The van der Waals surface area contributed by atoms with Crippen molar-refractivity contribution >= 4 is 5.82 Å². The number of hydrogen-bond acceptors (Lipinski definition) is 5. The van der Waals surface area contributed by atoms with E-state index in [-0.39, 0.29) is 0 Å². The summed E-state index contributed by atoms with van der Waals surface area (Å²) < 4.78 is 10.8. The molecule has 0 N–H and O–H groups in total. The lowest BCUT2D eigenvalue weighted by atomic mass is 10.1. The minimum Gasteiger partial charge on any atom is -0.481 e. The first-order chi connectivity index (χ1) is 8.29. The Morgan fingerprint density at radius 1 is 1.47 bits per heavy atom. The molecule has 17 heavy (non-hydrogen) atoms. The first-order valence-corrected chi connectivity index (χ1v) is 5.98. The van der Waals surface area contributed by atoms with Crippen LogP contribution in [0.1, 0.15) is 19.3 Å². The number of likely N-dealkylation sites (N-methyl/N-ethyl adjacent to an activating group) is 1. The van der Waals surface area contributed by atoms with Crippen LogP contribution in [0.2, 0.25) is 0 Å². The van der Waals surface area contributed by atoms with E-state index in [0.29, 0.717) is 12.0 Å². The van der Waals surface area contributed by atoms with Gasteiger partial charge in [0.2, 0.25) is 5.88 Å². The van der Waals surface area contributed by atoms with Crippen molar-refractivity contribution in [2.45, 2.75) is 25.4 Å². The molecule has 5 nitrogen and oxygen atoms in total. The molecule has 0 amide bonds. The van der Waals surface area contributed by atoms with Crippen LogP contribution >= 0.6 is 0 Å².